The number of carboxylic acid groups (broad SMARTS) is 2. The summed E-state index contributed by atoms with van der Waals surface area (Å²) in [5.41, 5.74) is 1.23. The van der Waals surface area contributed by atoms with Gasteiger partial charge in [-0.15, -0.1) is 0 Å². The lowest BCUT2D eigenvalue weighted by molar-refractivity contribution is -0.134. The van der Waals surface area contributed by atoms with Crippen molar-refractivity contribution in [2.24, 2.45) is 4.99 Å². The third kappa shape index (κ3) is 5.32. The molecular formula is C18H17ClN2O4. The van der Waals surface area contributed by atoms with Crippen LogP contribution in [0.5, 0.6) is 0 Å². The van der Waals surface area contributed by atoms with Gasteiger partial charge in [0.25, 0.3) is 0 Å². The van der Waals surface area contributed by atoms with Gasteiger partial charge in [-0.3, -0.25) is 4.99 Å². The van der Waals surface area contributed by atoms with Crippen LogP contribution in [0.15, 0.2) is 53.5 Å². The van der Waals surface area contributed by atoms with Crippen molar-refractivity contribution in [3.05, 3.63) is 59.1 Å². The van der Waals surface area contributed by atoms with Crippen molar-refractivity contribution in [3.63, 3.8) is 0 Å². The topological polar surface area (TPSA) is 90.2 Å². The summed E-state index contributed by atoms with van der Waals surface area (Å²) in [6.07, 6.45) is 3.01. The average Bonchev–Trinajstić information content (AvgIpc) is 3.00. The van der Waals surface area contributed by atoms with Gasteiger partial charge in [0.1, 0.15) is 0 Å². The second kappa shape index (κ2) is 8.30. The van der Waals surface area contributed by atoms with E-state index in [0.29, 0.717) is 12.2 Å². The maximum absolute atomic E-state index is 9.55. The Morgan fingerprint density at radius 1 is 1.20 bits per heavy atom. The maximum Gasteiger partial charge on any atom is 0.328 e. The number of aliphatic carboxylic acids is 2. The van der Waals surface area contributed by atoms with Gasteiger partial charge in [0.2, 0.25) is 0 Å². The fourth-order valence-electron chi connectivity index (χ4n) is 2.35. The number of nitrogens with zero attached hydrogens (tertiary/aromatic N) is 2. The number of hydrogen-bond donors (Lipinski definition) is 2. The summed E-state index contributed by atoms with van der Waals surface area (Å²) in [6, 6.07) is 12.6. The molecule has 1 aliphatic rings. The van der Waals surface area contributed by atoms with Crippen LogP contribution in [0.4, 0.5) is 0 Å². The second-order valence-electron chi connectivity index (χ2n) is 5.45. The molecule has 0 fully saturated rings. The maximum atomic E-state index is 9.55. The molecule has 2 aromatic carbocycles. The first-order valence-electron chi connectivity index (χ1n) is 7.42. The molecule has 1 aliphatic heterocycles. The Kier molecular flexibility index (Phi) is 6.14. The van der Waals surface area contributed by atoms with E-state index in [2.05, 4.69) is 34.2 Å². The van der Waals surface area contributed by atoms with Gasteiger partial charge in [0.05, 0.1) is 12.4 Å². The van der Waals surface area contributed by atoms with E-state index in [0.717, 1.165) is 17.0 Å². The molecule has 3 rings (SSSR count). The minimum Gasteiger partial charge on any atom is -0.478 e. The van der Waals surface area contributed by atoms with E-state index in [9.17, 15) is 9.59 Å². The molecule has 7 heteroatoms. The molecule has 1 heterocycles. The lowest BCUT2D eigenvalue weighted by atomic mass is 10.0. The summed E-state index contributed by atoms with van der Waals surface area (Å²) in [5, 5.41) is 18.7. The van der Waals surface area contributed by atoms with Crippen molar-refractivity contribution >= 4 is 40.7 Å². The lowest BCUT2D eigenvalue weighted by Crippen LogP contribution is -2.14. The van der Waals surface area contributed by atoms with E-state index in [1.807, 2.05) is 25.5 Å². The van der Waals surface area contributed by atoms with Crippen molar-refractivity contribution in [2.75, 3.05) is 13.6 Å². The number of benzene rings is 2. The van der Waals surface area contributed by atoms with Gasteiger partial charge in [-0.2, -0.15) is 0 Å². The molecule has 2 aromatic rings. The van der Waals surface area contributed by atoms with Crippen LogP contribution in [0.1, 0.15) is 11.6 Å². The standard InChI is InChI=1S/C14H13ClN2.C4H4O4/c1-17-8-14(16-9-17)11-6-5-10-3-2-4-13(15)12(10)7-11;5-3(6)1-2-4(7)8/h2-7,9,14H,8H2,1H3;1-2H,(H,5,6)(H,7,8)/b;2-1+. The quantitative estimate of drug-likeness (QED) is 0.820. The molecule has 0 spiro atoms. The Bertz CT molecular complexity index is 832. The Hall–Kier alpha value is -2.86. The third-order valence-corrected chi connectivity index (χ3v) is 3.84. The monoisotopic (exact) mass is 360 g/mol. The zero-order chi connectivity index (χ0) is 18.4. The van der Waals surface area contributed by atoms with E-state index in [4.69, 9.17) is 21.8 Å². The number of halogens is 1. The number of carbonyl (C=O) groups is 2. The molecule has 0 aromatic heterocycles. The summed E-state index contributed by atoms with van der Waals surface area (Å²) >= 11 is 6.22. The van der Waals surface area contributed by atoms with Gasteiger partial charge in [0.15, 0.2) is 0 Å². The molecule has 25 heavy (non-hydrogen) atoms. The van der Waals surface area contributed by atoms with Crippen LogP contribution in [0.3, 0.4) is 0 Å². The van der Waals surface area contributed by atoms with Gasteiger partial charge >= 0.3 is 11.9 Å². The first kappa shape index (κ1) is 18.5. The summed E-state index contributed by atoms with van der Waals surface area (Å²) in [5.74, 6) is -2.51. The molecule has 0 saturated heterocycles. The highest BCUT2D eigenvalue weighted by Crippen LogP contribution is 2.29. The molecule has 1 atom stereocenters. The fraction of sp³-hybridized carbons (Fsp3) is 0.167. The van der Waals surface area contributed by atoms with Gasteiger partial charge in [0, 0.05) is 36.2 Å². The Morgan fingerprint density at radius 3 is 2.44 bits per heavy atom. The Morgan fingerprint density at radius 2 is 1.88 bits per heavy atom. The zero-order valence-electron chi connectivity index (χ0n) is 13.5. The van der Waals surface area contributed by atoms with Crippen molar-refractivity contribution in [2.45, 2.75) is 6.04 Å². The van der Waals surface area contributed by atoms with E-state index in [1.54, 1.807) is 0 Å². The molecule has 0 aliphatic carbocycles. The number of fused-ring (bicyclic) bond motifs is 1. The molecular weight excluding hydrogens is 344 g/mol. The summed E-state index contributed by atoms with van der Waals surface area (Å²) in [7, 11) is 2.04. The van der Waals surface area contributed by atoms with Crippen LogP contribution in [0.2, 0.25) is 5.02 Å². The molecule has 1 unspecified atom stereocenters. The summed E-state index contributed by atoms with van der Waals surface area (Å²) in [6.45, 7) is 0.940. The second-order valence-corrected chi connectivity index (χ2v) is 5.86. The first-order chi connectivity index (χ1) is 11.9. The minimum absolute atomic E-state index is 0.237. The largest absolute Gasteiger partial charge is 0.478 e. The highest BCUT2D eigenvalue weighted by molar-refractivity contribution is 6.35. The molecule has 0 amide bonds. The van der Waals surface area contributed by atoms with E-state index < -0.39 is 11.9 Å². The SMILES string of the molecule is CN1C=NC(c2ccc3cccc(Cl)c3c2)C1.O=C(O)/C=C/C(=O)O. The van der Waals surface area contributed by atoms with Crippen LogP contribution in [0, 0.1) is 0 Å². The molecule has 0 radical (unpaired) electrons. The molecule has 0 bridgehead atoms. The van der Waals surface area contributed by atoms with E-state index in [-0.39, 0.29) is 6.04 Å². The summed E-state index contributed by atoms with van der Waals surface area (Å²) in [4.78, 5) is 25.7. The van der Waals surface area contributed by atoms with Crippen LogP contribution < -0.4 is 0 Å². The number of hydrogen-bond acceptors (Lipinski definition) is 4. The number of carboxylic acids is 2. The van der Waals surface area contributed by atoms with Crippen molar-refractivity contribution in [1.29, 1.82) is 0 Å². The van der Waals surface area contributed by atoms with Gasteiger partial charge in [-0.25, -0.2) is 9.59 Å². The van der Waals surface area contributed by atoms with Gasteiger partial charge < -0.3 is 15.1 Å². The molecule has 2 N–H and O–H groups in total. The number of rotatable bonds is 3. The van der Waals surface area contributed by atoms with Crippen LogP contribution >= 0.6 is 11.6 Å². The highest BCUT2D eigenvalue weighted by atomic mass is 35.5. The fourth-order valence-corrected chi connectivity index (χ4v) is 2.59. The minimum atomic E-state index is -1.26. The summed E-state index contributed by atoms with van der Waals surface area (Å²) < 4.78 is 0. The van der Waals surface area contributed by atoms with Crippen LogP contribution in [-0.4, -0.2) is 47.0 Å². The van der Waals surface area contributed by atoms with Crippen molar-refractivity contribution in [3.8, 4) is 0 Å². The number of aliphatic imine (C=N–C) groups is 1. The zero-order valence-corrected chi connectivity index (χ0v) is 14.2. The highest BCUT2D eigenvalue weighted by Gasteiger charge is 2.16. The van der Waals surface area contributed by atoms with Gasteiger partial charge in [-0.05, 0) is 23.1 Å². The Balaban J connectivity index is 0.000000242. The van der Waals surface area contributed by atoms with E-state index in [1.165, 1.54) is 10.9 Å². The Labute approximate surface area is 149 Å². The molecule has 6 nitrogen and oxygen atoms in total. The van der Waals surface area contributed by atoms with Crippen molar-refractivity contribution in [1.82, 2.24) is 4.90 Å². The smallest absolute Gasteiger partial charge is 0.328 e. The predicted octanol–water partition coefficient (Wildman–Crippen LogP) is 3.22. The first-order valence-corrected chi connectivity index (χ1v) is 7.80. The average molecular weight is 361 g/mol. The molecule has 130 valence electrons. The van der Waals surface area contributed by atoms with Crippen LogP contribution in [-0.2, 0) is 9.59 Å². The van der Waals surface area contributed by atoms with Crippen LogP contribution in [0.25, 0.3) is 10.8 Å². The normalized spacial score (nSPS) is 16.1. The lowest BCUT2D eigenvalue weighted by Gasteiger charge is -2.11. The third-order valence-electron chi connectivity index (χ3n) is 3.51. The van der Waals surface area contributed by atoms with E-state index >= 15 is 0 Å². The van der Waals surface area contributed by atoms with Crippen molar-refractivity contribution < 1.29 is 19.8 Å². The molecule has 0 saturated carbocycles. The predicted molar refractivity (Wildman–Crippen MR) is 97.2 cm³/mol. The van der Waals surface area contributed by atoms with Gasteiger partial charge in [-0.1, -0.05) is 35.9 Å². The number of likely N-dealkylation sites (N-methyl/N-ethyl adjacent to an activating group) is 1.